The van der Waals surface area contributed by atoms with E-state index in [9.17, 15) is 13.2 Å². The average molecular weight is 181 g/mol. The van der Waals surface area contributed by atoms with Crippen LogP contribution >= 0.6 is 0 Å². The van der Waals surface area contributed by atoms with Crippen molar-refractivity contribution < 1.29 is 13.2 Å². The standard InChI is InChI=1S/C4H11N3O3S/c5-4(8)7-2-1-3-11(6,9)10/h1-3H2,(H3,5,7,8)(H2,6,9,10). The molecule has 0 aromatic rings. The van der Waals surface area contributed by atoms with E-state index in [1.165, 1.54) is 0 Å². The summed E-state index contributed by atoms with van der Waals surface area (Å²) in [5.74, 6) is -0.146. The van der Waals surface area contributed by atoms with Crippen molar-refractivity contribution in [3.8, 4) is 0 Å². The van der Waals surface area contributed by atoms with Crippen LogP contribution in [0.15, 0.2) is 0 Å². The molecule has 7 heteroatoms. The van der Waals surface area contributed by atoms with E-state index in [0.717, 1.165) is 0 Å². The number of primary sulfonamides is 1. The summed E-state index contributed by atoms with van der Waals surface area (Å²) in [5, 5.41) is 6.92. The Hall–Kier alpha value is -0.820. The molecular formula is C4H11N3O3S. The number of carbonyl (C=O) groups is 1. The monoisotopic (exact) mass is 181 g/mol. The highest BCUT2D eigenvalue weighted by Gasteiger charge is 2.01. The molecule has 0 aliphatic rings. The SMILES string of the molecule is NC(=O)NCCCS(N)(=O)=O. The van der Waals surface area contributed by atoms with E-state index in [0.29, 0.717) is 0 Å². The second-order valence-electron chi connectivity index (χ2n) is 2.01. The van der Waals surface area contributed by atoms with Gasteiger partial charge in [0.25, 0.3) is 0 Å². The topological polar surface area (TPSA) is 115 Å². The summed E-state index contributed by atoms with van der Waals surface area (Å²) in [7, 11) is -3.41. The lowest BCUT2D eigenvalue weighted by Gasteiger charge is -1.99. The molecule has 0 aromatic carbocycles. The first-order valence-electron chi connectivity index (χ1n) is 2.95. The van der Waals surface area contributed by atoms with Gasteiger partial charge in [0.15, 0.2) is 0 Å². The molecule has 0 radical (unpaired) electrons. The van der Waals surface area contributed by atoms with Crippen molar-refractivity contribution in [1.82, 2.24) is 5.32 Å². The van der Waals surface area contributed by atoms with Gasteiger partial charge in [-0.1, -0.05) is 0 Å². The summed E-state index contributed by atoms with van der Waals surface area (Å²) in [6.45, 7) is 0.228. The molecule has 0 bridgehead atoms. The highest BCUT2D eigenvalue weighted by molar-refractivity contribution is 7.89. The van der Waals surface area contributed by atoms with Crippen molar-refractivity contribution >= 4 is 16.1 Å². The van der Waals surface area contributed by atoms with E-state index in [2.05, 4.69) is 10.5 Å². The molecule has 0 aromatic heterocycles. The number of nitrogens with two attached hydrogens (primary N) is 2. The third-order valence-electron chi connectivity index (χ3n) is 0.905. The van der Waals surface area contributed by atoms with Gasteiger partial charge in [0, 0.05) is 6.54 Å². The second kappa shape index (κ2) is 4.14. The van der Waals surface area contributed by atoms with Crippen LogP contribution in [-0.4, -0.2) is 26.7 Å². The lowest BCUT2D eigenvalue weighted by molar-refractivity contribution is 0.249. The van der Waals surface area contributed by atoms with Gasteiger partial charge in [-0.05, 0) is 6.42 Å². The molecule has 0 unspecified atom stereocenters. The Kier molecular flexibility index (Phi) is 3.83. The fraction of sp³-hybridized carbons (Fsp3) is 0.750. The van der Waals surface area contributed by atoms with Crippen LogP contribution in [0.3, 0.4) is 0 Å². The van der Waals surface area contributed by atoms with Gasteiger partial charge < -0.3 is 11.1 Å². The summed E-state index contributed by atoms with van der Waals surface area (Å²) in [5.41, 5.74) is 4.71. The van der Waals surface area contributed by atoms with Crippen molar-refractivity contribution in [3.05, 3.63) is 0 Å². The predicted molar refractivity (Wildman–Crippen MR) is 40.2 cm³/mol. The number of rotatable bonds is 4. The number of hydrogen-bond acceptors (Lipinski definition) is 3. The van der Waals surface area contributed by atoms with Crippen LogP contribution in [0.1, 0.15) is 6.42 Å². The maximum Gasteiger partial charge on any atom is 0.312 e. The van der Waals surface area contributed by atoms with Crippen LogP contribution < -0.4 is 16.2 Å². The highest BCUT2D eigenvalue weighted by atomic mass is 32.2. The molecule has 0 rings (SSSR count). The van der Waals surface area contributed by atoms with Gasteiger partial charge >= 0.3 is 6.03 Å². The van der Waals surface area contributed by atoms with E-state index >= 15 is 0 Å². The molecule has 0 spiro atoms. The Morgan fingerprint density at radius 1 is 1.45 bits per heavy atom. The van der Waals surface area contributed by atoms with E-state index < -0.39 is 16.1 Å². The minimum absolute atomic E-state index is 0.146. The van der Waals surface area contributed by atoms with Crippen LogP contribution in [0.25, 0.3) is 0 Å². The second-order valence-corrected chi connectivity index (χ2v) is 3.75. The zero-order chi connectivity index (χ0) is 8.91. The molecule has 2 amide bonds. The molecule has 6 nitrogen and oxygen atoms in total. The van der Waals surface area contributed by atoms with Crippen LogP contribution in [0, 0.1) is 0 Å². The average Bonchev–Trinajstić information content (AvgIpc) is 1.78. The molecular weight excluding hydrogens is 170 g/mol. The normalized spacial score (nSPS) is 11.0. The van der Waals surface area contributed by atoms with Crippen LogP contribution in [0.5, 0.6) is 0 Å². The van der Waals surface area contributed by atoms with Gasteiger partial charge in [-0.25, -0.2) is 18.4 Å². The van der Waals surface area contributed by atoms with Crippen LogP contribution in [0.2, 0.25) is 0 Å². The lowest BCUT2D eigenvalue weighted by Crippen LogP contribution is -2.31. The zero-order valence-corrected chi connectivity index (χ0v) is 6.73. The maximum absolute atomic E-state index is 10.3. The molecule has 0 saturated carbocycles. The molecule has 0 aliphatic carbocycles. The number of urea groups is 1. The first-order chi connectivity index (χ1) is 4.92. The van der Waals surface area contributed by atoms with Gasteiger partial charge in [0.2, 0.25) is 10.0 Å². The Morgan fingerprint density at radius 2 is 2.00 bits per heavy atom. The Morgan fingerprint density at radius 3 is 2.36 bits per heavy atom. The molecule has 5 N–H and O–H groups in total. The summed E-state index contributed by atoms with van der Waals surface area (Å²) in [6.07, 6.45) is 0.280. The fourth-order valence-electron chi connectivity index (χ4n) is 0.485. The molecule has 0 saturated heterocycles. The largest absolute Gasteiger partial charge is 0.352 e. The van der Waals surface area contributed by atoms with E-state index in [1.54, 1.807) is 0 Å². The molecule has 0 atom stereocenters. The van der Waals surface area contributed by atoms with Gasteiger partial charge in [-0.3, -0.25) is 0 Å². The lowest BCUT2D eigenvalue weighted by atomic mass is 10.5. The summed E-state index contributed by atoms with van der Waals surface area (Å²) >= 11 is 0. The summed E-state index contributed by atoms with van der Waals surface area (Å²) in [6, 6.07) is -0.667. The van der Waals surface area contributed by atoms with E-state index in [1.807, 2.05) is 0 Å². The Labute approximate surface area is 65.0 Å². The first-order valence-corrected chi connectivity index (χ1v) is 4.67. The number of nitrogens with one attached hydrogen (secondary N) is 1. The van der Waals surface area contributed by atoms with E-state index in [-0.39, 0.29) is 18.7 Å². The smallest absolute Gasteiger partial charge is 0.312 e. The van der Waals surface area contributed by atoms with Crippen molar-refractivity contribution in [2.24, 2.45) is 10.9 Å². The zero-order valence-electron chi connectivity index (χ0n) is 5.91. The van der Waals surface area contributed by atoms with Gasteiger partial charge in [-0.15, -0.1) is 0 Å². The van der Waals surface area contributed by atoms with Gasteiger partial charge in [0.1, 0.15) is 0 Å². The van der Waals surface area contributed by atoms with Crippen molar-refractivity contribution in [2.75, 3.05) is 12.3 Å². The van der Waals surface area contributed by atoms with E-state index in [4.69, 9.17) is 5.73 Å². The number of carbonyl (C=O) groups excluding carboxylic acids is 1. The summed E-state index contributed by atoms with van der Waals surface area (Å²) < 4.78 is 20.6. The minimum Gasteiger partial charge on any atom is -0.352 e. The summed E-state index contributed by atoms with van der Waals surface area (Å²) in [4.78, 5) is 10.1. The molecule has 66 valence electrons. The Bertz CT molecular complexity index is 223. The molecule has 0 aliphatic heterocycles. The van der Waals surface area contributed by atoms with Crippen molar-refractivity contribution in [2.45, 2.75) is 6.42 Å². The van der Waals surface area contributed by atoms with Gasteiger partial charge in [-0.2, -0.15) is 0 Å². The van der Waals surface area contributed by atoms with Crippen LogP contribution in [-0.2, 0) is 10.0 Å². The first kappa shape index (κ1) is 10.2. The molecule has 11 heavy (non-hydrogen) atoms. The number of primary amides is 1. The molecule has 0 heterocycles. The van der Waals surface area contributed by atoms with Crippen LogP contribution in [0.4, 0.5) is 4.79 Å². The number of sulfonamides is 1. The quantitative estimate of drug-likeness (QED) is 0.450. The Balaban J connectivity index is 3.37. The number of hydrogen-bond donors (Lipinski definition) is 3. The molecule has 0 fully saturated rings. The highest BCUT2D eigenvalue weighted by Crippen LogP contribution is 1.82. The third-order valence-corrected chi connectivity index (χ3v) is 1.76. The fourth-order valence-corrected chi connectivity index (χ4v) is 1.03. The predicted octanol–water partition coefficient (Wildman–Crippen LogP) is -1.67. The van der Waals surface area contributed by atoms with Crippen molar-refractivity contribution in [1.29, 1.82) is 0 Å². The third kappa shape index (κ3) is 9.18. The minimum atomic E-state index is -3.41. The van der Waals surface area contributed by atoms with Gasteiger partial charge in [0.05, 0.1) is 5.75 Å². The van der Waals surface area contributed by atoms with Crippen molar-refractivity contribution in [3.63, 3.8) is 0 Å². The number of amides is 2. The maximum atomic E-state index is 10.3.